The quantitative estimate of drug-likeness (QED) is 0.498. The first-order chi connectivity index (χ1) is 9.49. The molecule has 106 valence electrons. The fraction of sp³-hybridized carbons (Fsp3) is 0.895. The molecular weight excluding hydrogens is 228 g/mol. The van der Waals surface area contributed by atoms with Crippen molar-refractivity contribution in [3.05, 3.63) is 12.2 Å². The molecular formula is C19H30. The molecule has 3 saturated carbocycles. The highest BCUT2D eigenvalue weighted by Gasteiger charge is 2.55. The van der Waals surface area contributed by atoms with Gasteiger partial charge in [-0.05, 0) is 73.0 Å². The molecule has 4 aliphatic rings. The molecule has 4 aliphatic carbocycles. The third-order valence-corrected chi connectivity index (χ3v) is 7.58. The third-order valence-electron chi connectivity index (χ3n) is 7.58. The summed E-state index contributed by atoms with van der Waals surface area (Å²) in [5, 5.41) is 0. The summed E-state index contributed by atoms with van der Waals surface area (Å²) in [7, 11) is 0. The highest BCUT2D eigenvalue weighted by Crippen LogP contribution is 2.64. The average molecular weight is 259 g/mol. The molecule has 0 aromatic carbocycles. The van der Waals surface area contributed by atoms with Gasteiger partial charge in [0, 0.05) is 1.37 Å². The molecule has 0 aromatic rings. The van der Waals surface area contributed by atoms with E-state index in [1.54, 1.807) is 0 Å². The van der Waals surface area contributed by atoms with Gasteiger partial charge in [0.15, 0.2) is 0 Å². The molecule has 0 unspecified atom stereocenters. The Kier molecular flexibility index (Phi) is 2.47. The Bertz CT molecular complexity index is 441. The zero-order valence-electron chi connectivity index (χ0n) is 13.8. The van der Waals surface area contributed by atoms with Gasteiger partial charge in [0.1, 0.15) is 0 Å². The third kappa shape index (κ3) is 1.64. The largest absolute Gasteiger partial charge is 0.0846 e. The van der Waals surface area contributed by atoms with Crippen LogP contribution in [-0.4, -0.2) is 0 Å². The lowest BCUT2D eigenvalue weighted by Crippen LogP contribution is -2.49. The van der Waals surface area contributed by atoms with E-state index in [1.165, 1.54) is 51.4 Å². The van der Waals surface area contributed by atoms with E-state index in [9.17, 15) is 0 Å². The molecule has 19 heavy (non-hydrogen) atoms. The van der Waals surface area contributed by atoms with Crippen molar-refractivity contribution in [2.75, 3.05) is 0 Å². The van der Waals surface area contributed by atoms with Crippen LogP contribution in [0.3, 0.4) is 0 Å². The number of hydrogen-bond acceptors (Lipinski definition) is 0. The van der Waals surface area contributed by atoms with Crippen molar-refractivity contribution >= 4 is 0 Å². The maximum atomic E-state index is 9.05. The highest BCUT2D eigenvalue weighted by atomic mass is 14.6. The lowest BCUT2D eigenvalue weighted by Gasteiger charge is -2.57. The Morgan fingerprint density at radius 2 is 1.79 bits per heavy atom. The lowest BCUT2D eigenvalue weighted by molar-refractivity contribution is -0.0467. The Morgan fingerprint density at radius 3 is 2.68 bits per heavy atom. The predicted octanol–water partition coefficient (Wildman–Crippen LogP) is 5.59. The molecule has 0 heterocycles. The normalized spacial score (nSPS) is 60.9. The van der Waals surface area contributed by atoms with Crippen LogP contribution in [0.15, 0.2) is 12.2 Å². The summed E-state index contributed by atoms with van der Waals surface area (Å²) in [4.78, 5) is 0. The second-order valence-electron chi connectivity index (χ2n) is 8.38. The van der Waals surface area contributed by atoms with Crippen LogP contribution in [0.2, 0.25) is 0 Å². The number of hydrogen-bond donors (Lipinski definition) is 0. The minimum absolute atomic E-state index is 0.251. The van der Waals surface area contributed by atoms with Crippen LogP contribution < -0.4 is 0 Å². The fourth-order valence-corrected chi connectivity index (χ4v) is 6.38. The first kappa shape index (κ1) is 11.4. The minimum Gasteiger partial charge on any atom is -0.0846 e. The molecule has 0 bridgehead atoms. The smallest absolute Gasteiger partial charge is 0.0352 e. The number of fused-ring (bicyclic) bond motifs is 5. The van der Waals surface area contributed by atoms with Crippen LogP contribution in [0.1, 0.15) is 73.0 Å². The first-order valence-electron chi connectivity index (χ1n) is 9.18. The Hall–Kier alpha value is -0.260. The van der Waals surface area contributed by atoms with Crippen LogP contribution in [0.5, 0.6) is 0 Å². The van der Waals surface area contributed by atoms with E-state index >= 15 is 0 Å². The van der Waals surface area contributed by atoms with Gasteiger partial charge in [0.2, 0.25) is 0 Å². The van der Waals surface area contributed by atoms with E-state index in [0.29, 0.717) is 5.41 Å². The fourth-order valence-electron chi connectivity index (χ4n) is 6.38. The zero-order chi connectivity index (χ0) is 14.0. The number of rotatable bonds is 0. The van der Waals surface area contributed by atoms with Crippen molar-refractivity contribution in [1.29, 1.82) is 0 Å². The average Bonchev–Trinajstić information content (AvgIpc) is 2.81. The molecule has 0 nitrogen and oxygen atoms in total. The molecule has 0 radical (unpaired) electrons. The monoisotopic (exact) mass is 259 g/mol. The molecule has 0 N–H and O–H groups in total. The summed E-state index contributed by atoms with van der Waals surface area (Å²) in [6.45, 7) is 5.03. The molecule has 0 spiro atoms. The van der Waals surface area contributed by atoms with Crippen LogP contribution in [0.4, 0.5) is 0 Å². The van der Waals surface area contributed by atoms with E-state index in [1.807, 2.05) is 0 Å². The van der Waals surface area contributed by atoms with E-state index in [4.69, 9.17) is 1.37 Å². The lowest BCUT2D eigenvalue weighted by atomic mass is 9.47. The number of allylic oxidation sites excluding steroid dienone is 2. The molecule has 6 atom stereocenters. The Balaban J connectivity index is 1.75. The molecule has 0 heteroatoms. The van der Waals surface area contributed by atoms with Crippen molar-refractivity contribution in [2.24, 2.45) is 34.5 Å². The standard InChI is InChI=1S/C19H30/c1-18-11-5-7-16(18)15-9-8-14-6-3-4-12-19(14,2)17(15)10-13-18/h8-9,14-17H,3-7,10-13H2,1-2H3/t14-,15+,16+,17+,18+,19+/m1/s1/i14D. The zero-order valence-corrected chi connectivity index (χ0v) is 12.8. The highest BCUT2D eigenvalue weighted by molar-refractivity contribution is 5.16. The SMILES string of the molecule is [2H][C@@]12C=C[C@H]3[C@@H]4CCC[C@@]4(C)CC[C@@H]3[C@@]1(C)CCCC2. The van der Waals surface area contributed by atoms with Crippen molar-refractivity contribution in [3.8, 4) is 0 Å². The van der Waals surface area contributed by atoms with Gasteiger partial charge in [-0.15, -0.1) is 0 Å². The first-order valence-corrected chi connectivity index (χ1v) is 8.68. The molecule has 0 aromatic heterocycles. The molecule has 0 saturated heterocycles. The van der Waals surface area contributed by atoms with Gasteiger partial charge in [-0.1, -0.05) is 45.3 Å². The Labute approximate surface area is 120 Å². The van der Waals surface area contributed by atoms with Crippen LogP contribution in [0.25, 0.3) is 0 Å². The van der Waals surface area contributed by atoms with Crippen molar-refractivity contribution in [1.82, 2.24) is 0 Å². The summed E-state index contributed by atoms with van der Waals surface area (Å²) in [5.74, 6) is 2.25. The van der Waals surface area contributed by atoms with E-state index in [-0.39, 0.29) is 11.3 Å². The van der Waals surface area contributed by atoms with Crippen molar-refractivity contribution < 1.29 is 1.37 Å². The summed E-state index contributed by atoms with van der Waals surface area (Å²) < 4.78 is 9.05. The summed E-state index contributed by atoms with van der Waals surface area (Å²) in [6, 6.07) is 0. The van der Waals surface area contributed by atoms with Crippen LogP contribution >= 0.6 is 0 Å². The van der Waals surface area contributed by atoms with Gasteiger partial charge in [-0.25, -0.2) is 0 Å². The molecule has 0 aliphatic heterocycles. The second kappa shape index (κ2) is 4.12. The van der Waals surface area contributed by atoms with Crippen molar-refractivity contribution in [3.63, 3.8) is 0 Å². The maximum Gasteiger partial charge on any atom is 0.0352 e. The van der Waals surface area contributed by atoms with E-state index in [0.717, 1.165) is 24.2 Å². The maximum absolute atomic E-state index is 9.05. The summed E-state index contributed by atoms with van der Waals surface area (Å²) >= 11 is 0. The summed E-state index contributed by atoms with van der Waals surface area (Å²) in [6.07, 6.45) is 17.0. The second-order valence-corrected chi connectivity index (χ2v) is 8.38. The molecule has 4 rings (SSSR count). The minimum atomic E-state index is -0.251. The molecule has 3 fully saturated rings. The van der Waals surface area contributed by atoms with Crippen LogP contribution in [0, 0.1) is 34.5 Å². The van der Waals surface area contributed by atoms with Gasteiger partial charge in [0.05, 0.1) is 0 Å². The van der Waals surface area contributed by atoms with Gasteiger partial charge in [0.25, 0.3) is 0 Å². The topological polar surface area (TPSA) is 0 Å². The molecule has 0 amide bonds. The predicted molar refractivity (Wildman–Crippen MR) is 80.9 cm³/mol. The van der Waals surface area contributed by atoms with Gasteiger partial charge < -0.3 is 0 Å². The van der Waals surface area contributed by atoms with Crippen LogP contribution in [-0.2, 0) is 0 Å². The van der Waals surface area contributed by atoms with Gasteiger partial charge in [-0.2, -0.15) is 0 Å². The van der Waals surface area contributed by atoms with E-state index < -0.39 is 0 Å². The van der Waals surface area contributed by atoms with Gasteiger partial charge in [-0.3, -0.25) is 0 Å². The summed E-state index contributed by atoms with van der Waals surface area (Å²) in [5.41, 5.74) is 0.882. The Morgan fingerprint density at radius 1 is 0.895 bits per heavy atom. The van der Waals surface area contributed by atoms with Crippen molar-refractivity contribution in [2.45, 2.75) is 71.6 Å². The van der Waals surface area contributed by atoms with Gasteiger partial charge >= 0.3 is 0 Å². The van der Waals surface area contributed by atoms with E-state index in [2.05, 4.69) is 26.0 Å².